The Morgan fingerprint density at radius 1 is 1.30 bits per heavy atom. The highest BCUT2D eigenvalue weighted by molar-refractivity contribution is 14.0. The standard InChI is InChI=1S/C15H21ClN4OS.HI/c1-15(2,3)11-8-18-13(21-11)9-20-14(17-4)19-7-10-5-6-12(16)22-10;/h5-6,8H,7,9H2,1-4H3,(H2,17,19,20);1H. The zero-order chi connectivity index (χ0) is 16.2. The summed E-state index contributed by atoms with van der Waals surface area (Å²) in [6, 6.07) is 3.89. The van der Waals surface area contributed by atoms with Crippen molar-refractivity contribution in [3.8, 4) is 0 Å². The van der Waals surface area contributed by atoms with Gasteiger partial charge in [0, 0.05) is 17.3 Å². The molecule has 0 bridgehead atoms. The van der Waals surface area contributed by atoms with Crippen LogP contribution in [0.2, 0.25) is 4.34 Å². The van der Waals surface area contributed by atoms with Gasteiger partial charge in [-0.15, -0.1) is 35.3 Å². The largest absolute Gasteiger partial charge is 0.443 e. The fraction of sp³-hybridized carbons (Fsp3) is 0.467. The maximum atomic E-state index is 5.91. The molecule has 0 saturated heterocycles. The van der Waals surface area contributed by atoms with E-state index in [0.717, 1.165) is 15.0 Å². The summed E-state index contributed by atoms with van der Waals surface area (Å²) in [4.78, 5) is 9.61. The molecule has 0 saturated carbocycles. The molecule has 2 heterocycles. The molecular formula is C15H22ClIN4OS. The summed E-state index contributed by atoms with van der Waals surface area (Å²) in [6.07, 6.45) is 1.78. The van der Waals surface area contributed by atoms with Gasteiger partial charge in [-0.25, -0.2) is 4.98 Å². The third kappa shape index (κ3) is 6.31. The number of halogens is 2. The first-order valence-electron chi connectivity index (χ1n) is 7.02. The van der Waals surface area contributed by atoms with Crippen molar-refractivity contribution in [3.63, 3.8) is 0 Å². The normalized spacial score (nSPS) is 12.0. The lowest BCUT2D eigenvalue weighted by Crippen LogP contribution is -2.36. The Hall–Kier alpha value is -0.800. The van der Waals surface area contributed by atoms with E-state index >= 15 is 0 Å². The van der Waals surface area contributed by atoms with Gasteiger partial charge >= 0.3 is 0 Å². The second kappa shape index (κ2) is 8.89. The lowest BCUT2D eigenvalue weighted by atomic mass is 9.94. The first kappa shape index (κ1) is 20.2. The first-order valence-corrected chi connectivity index (χ1v) is 8.22. The molecule has 5 nitrogen and oxygen atoms in total. The van der Waals surface area contributed by atoms with Crippen LogP contribution in [0.5, 0.6) is 0 Å². The number of oxazole rings is 1. The van der Waals surface area contributed by atoms with Crippen LogP contribution in [0.25, 0.3) is 0 Å². The quantitative estimate of drug-likeness (QED) is 0.402. The zero-order valence-electron chi connectivity index (χ0n) is 13.6. The highest BCUT2D eigenvalue weighted by Gasteiger charge is 2.19. The van der Waals surface area contributed by atoms with Gasteiger partial charge in [-0.1, -0.05) is 32.4 Å². The van der Waals surface area contributed by atoms with Gasteiger partial charge in [0.2, 0.25) is 5.89 Å². The first-order chi connectivity index (χ1) is 10.4. The second-order valence-corrected chi connectivity index (χ2v) is 7.65. The van der Waals surface area contributed by atoms with Crippen LogP contribution < -0.4 is 10.6 Å². The molecule has 0 aliphatic heterocycles. The molecule has 0 spiro atoms. The minimum absolute atomic E-state index is 0. The number of aromatic nitrogens is 1. The highest BCUT2D eigenvalue weighted by Crippen LogP contribution is 2.22. The molecule has 23 heavy (non-hydrogen) atoms. The average Bonchev–Trinajstić information content (AvgIpc) is 3.07. The summed E-state index contributed by atoms with van der Waals surface area (Å²) in [6.45, 7) is 7.45. The van der Waals surface area contributed by atoms with E-state index in [0.29, 0.717) is 24.9 Å². The smallest absolute Gasteiger partial charge is 0.213 e. The summed E-state index contributed by atoms with van der Waals surface area (Å²) >= 11 is 7.46. The van der Waals surface area contributed by atoms with Crippen LogP contribution in [0, 0.1) is 0 Å². The summed E-state index contributed by atoms with van der Waals surface area (Å²) in [5, 5.41) is 6.41. The molecular weight excluding hydrogens is 447 g/mol. The minimum Gasteiger partial charge on any atom is -0.443 e. The minimum atomic E-state index is -0.0381. The monoisotopic (exact) mass is 468 g/mol. The molecule has 0 amide bonds. The van der Waals surface area contributed by atoms with Gasteiger partial charge in [-0.05, 0) is 12.1 Å². The Morgan fingerprint density at radius 3 is 2.52 bits per heavy atom. The second-order valence-electron chi connectivity index (χ2n) is 5.85. The molecule has 0 unspecified atom stereocenters. The van der Waals surface area contributed by atoms with Crippen LogP contribution >= 0.6 is 46.9 Å². The Kier molecular flexibility index (Phi) is 7.82. The molecule has 2 N–H and O–H groups in total. The molecule has 0 radical (unpaired) electrons. The summed E-state index contributed by atoms with van der Waals surface area (Å²) in [5.74, 6) is 2.22. The molecule has 2 aromatic heterocycles. The van der Waals surface area contributed by atoms with Crippen molar-refractivity contribution in [2.45, 2.75) is 39.3 Å². The lowest BCUT2D eigenvalue weighted by molar-refractivity contribution is 0.379. The van der Waals surface area contributed by atoms with Crippen LogP contribution in [0.15, 0.2) is 27.7 Å². The van der Waals surface area contributed by atoms with E-state index in [9.17, 15) is 0 Å². The predicted octanol–water partition coefficient (Wildman–Crippen LogP) is 4.17. The number of nitrogens with zero attached hydrogens (tertiary/aromatic N) is 2. The summed E-state index contributed by atoms with van der Waals surface area (Å²) in [7, 11) is 1.73. The van der Waals surface area contributed by atoms with Gasteiger partial charge in [0.1, 0.15) is 5.76 Å². The van der Waals surface area contributed by atoms with Crippen LogP contribution in [-0.2, 0) is 18.5 Å². The number of hydrogen-bond donors (Lipinski definition) is 2. The zero-order valence-corrected chi connectivity index (χ0v) is 17.5. The van der Waals surface area contributed by atoms with Crippen LogP contribution in [0.1, 0.15) is 37.3 Å². The molecule has 0 aliphatic rings. The number of aliphatic imine (C=N–C) groups is 1. The number of nitrogens with one attached hydrogen (secondary N) is 2. The van der Waals surface area contributed by atoms with Gasteiger partial charge < -0.3 is 15.1 Å². The Balaban J connectivity index is 0.00000264. The van der Waals surface area contributed by atoms with Crippen molar-refractivity contribution in [1.82, 2.24) is 15.6 Å². The average molecular weight is 469 g/mol. The van der Waals surface area contributed by atoms with Crippen molar-refractivity contribution in [1.29, 1.82) is 0 Å². The molecule has 0 fully saturated rings. The fourth-order valence-corrected chi connectivity index (χ4v) is 2.76. The molecule has 0 aromatic carbocycles. The van der Waals surface area contributed by atoms with E-state index < -0.39 is 0 Å². The van der Waals surface area contributed by atoms with Crippen LogP contribution in [0.3, 0.4) is 0 Å². The van der Waals surface area contributed by atoms with E-state index in [4.69, 9.17) is 16.0 Å². The number of rotatable bonds is 4. The number of hydrogen-bond acceptors (Lipinski definition) is 4. The summed E-state index contributed by atoms with van der Waals surface area (Å²) < 4.78 is 6.52. The van der Waals surface area contributed by atoms with E-state index in [2.05, 4.69) is 41.4 Å². The van der Waals surface area contributed by atoms with Crippen molar-refractivity contribution in [2.24, 2.45) is 4.99 Å². The van der Waals surface area contributed by atoms with Crippen LogP contribution in [0.4, 0.5) is 0 Å². The lowest BCUT2D eigenvalue weighted by Gasteiger charge is -2.13. The highest BCUT2D eigenvalue weighted by atomic mass is 127. The van der Waals surface area contributed by atoms with Crippen molar-refractivity contribution in [2.75, 3.05) is 7.05 Å². The van der Waals surface area contributed by atoms with E-state index in [1.165, 1.54) is 0 Å². The fourth-order valence-electron chi connectivity index (χ4n) is 1.74. The van der Waals surface area contributed by atoms with Gasteiger partial charge in [0.05, 0.1) is 23.6 Å². The topological polar surface area (TPSA) is 62.5 Å². The van der Waals surface area contributed by atoms with E-state index in [1.807, 2.05) is 12.1 Å². The van der Waals surface area contributed by atoms with Crippen LogP contribution in [-0.4, -0.2) is 18.0 Å². The molecule has 8 heteroatoms. The third-order valence-electron chi connectivity index (χ3n) is 2.98. The van der Waals surface area contributed by atoms with Crippen molar-refractivity contribution < 1.29 is 4.42 Å². The number of thiophene rings is 1. The van der Waals surface area contributed by atoms with E-state index in [1.54, 1.807) is 24.6 Å². The number of guanidine groups is 1. The molecule has 2 rings (SSSR count). The molecule has 0 atom stereocenters. The molecule has 128 valence electrons. The molecule has 2 aromatic rings. The third-order valence-corrected chi connectivity index (χ3v) is 4.21. The predicted molar refractivity (Wildman–Crippen MR) is 107 cm³/mol. The van der Waals surface area contributed by atoms with E-state index in [-0.39, 0.29) is 29.4 Å². The van der Waals surface area contributed by atoms with Gasteiger partial charge in [0.25, 0.3) is 0 Å². The SMILES string of the molecule is CN=C(NCc1ncc(C(C)(C)C)o1)NCc1ccc(Cl)s1.I. The Bertz CT molecular complexity index is 648. The maximum Gasteiger partial charge on any atom is 0.213 e. The van der Waals surface area contributed by atoms with Gasteiger partial charge in [-0.3, -0.25) is 4.99 Å². The van der Waals surface area contributed by atoms with Gasteiger partial charge in [-0.2, -0.15) is 0 Å². The Morgan fingerprint density at radius 2 is 2.00 bits per heavy atom. The van der Waals surface area contributed by atoms with Crippen molar-refractivity contribution in [3.05, 3.63) is 39.2 Å². The maximum absolute atomic E-state index is 5.91. The summed E-state index contributed by atoms with van der Waals surface area (Å²) in [5.41, 5.74) is -0.0381. The van der Waals surface area contributed by atoms with Gasteiger partial charge in [0.15, 0.2) is 5.96 Å². The Labute approximate surface area is 163 Å². The van der Waals surface area contributed by atoms with Crippen molar-refractivity contribution >= 4 is 52.9 Å². The molecule has 0 aliphatic carbocycles.